The summed E-state index contributed by atoms with van der Waals surface area (Å²) in [6.07, 6.45) is -0.134. The van der Waals surface area contributed by atoms with E-state index in [1.165, 1.54) is 0 Å². The van der Waals surface area contributed by atoms with Gasteiger partial charge in [-0.2, -0.15) is 0 Å². The third kappa shape index (κ3) is 2.96. The number of rotatable bonds is 2. The third-order valence-corrected chi connectivity index (χ3v) is 1.60. The first-order valence-corrected chi connectivity index (χ1v) is 4.04. The molecule has 0 aliphatic heterocycles. The van der Waals surface area contributed by atoms with Gasteiger partial charge >= 0.3 is 0 Å². The number of halogens is 1. The van der Waals surface area contributed by atoms with Crippen molar-refractivity contribution in [2.45, 2.75) is 12.5 Å². The van der Waals surface area contributed by atoms with Crippen LogP contribution in [0.15, 0.2) is 30.3 Å². The Morgan fingerprint density at radius 3 is 2.58 bits per heavy atom. The number of benzene rings is 1. The van der Waals surface area contributed by atoms with Crippen LogP contribution in [0.2, 0.25) is 0 Å². The van der Waals surface area contributed by atoms with Gasteiger partial charge in [0.1, 0.15) is 6.10 Å². The Kier molecular flexibility index (Phi) is 3.66. The Balaban J connectivity index is 2.56. The van der Waals surface area contributed by atoms with E-state index in [4.69, 9.17) is 11.6 Å². The highest BCUT2D eigenvalue weighted by atomic mass is 35.5. The molecule has 2 heteroatoms. The van der Waals surface area contributed by atoms with Crippen molar-refractivity contribution in [2.24, 2.45) is 0 Å². The van der Waals surface area contributed by atoms with Gasteiger partial charge in [-0.25, -0.2) is 0 Å². The summed E-state index contributed by atoms with van der Waals surface area (Å²) in [6, 6.07) is 9.67. The van der Waals surface area contributed by atoms with Gasteiger partial charge in [-0.1, -0.05) is 36.3 Å². The summed E-state index contributed by atoms with van der Waals surface area (Å²) in [6.45, 7) is 0. The topological polar surface area (TPSA) is 20.2 Å². The molecule has 0 aliphatic carbocycles. The summed E-state index contributed by atoms with van der Waals surface area (Å²) in [5.41, 5.74) is 1.06. The van der Waals surface area contributed by atoms with Crippen LogP contribution in [0.4, 0.5) is 0 Å². The molecule has 0 saturated heterocycles. The van der Waals surface area contributed by atoms with E-state index in [2.05, 4.69) is 11.3 Å². The fourth-order valence-corrected chi connectivity index (χ4v) is 1.08. The molecular weight excluding hydrogens is 172 g/mol. The normalized spacial score (nSPS) is 11.5. The maximum atomic E-state index is 9.24. The summed E-state index contributed by atoms with van der Waals surface area (Å²) in [5.74, 6) is 2.46. The van der Waals surface area contributed by atoms with Gasteiger partial charge in [0.2, 0.25) is 0 Å². The highest BCUT2D eigenvalue weighted by Gasteiger charge is 1.99. The minimum absolute atomic E-state index is 0.528. The zero-order chi connectivity index (χ0) is 8.81. The van der Waals surface area contributed by atoms with Crippen molar-refractivity contribution in [1.29, 1.82) is 0 Å². The van der Waals surface area contributed by atoms with Crippen molar-refractivity contribution in [1.82, 2.24) is 0 Å². The van der Waals surface area contributed by atoms with E-state index in [9.17, 15) is 5.11 Å². The highest BCUT2D eigenvalue weighted by Crippen LogP contribution is 2.01. The molecule has 1 N–H and O–H groups in total. The second-order valence-corrected chi connectivity index (χ2v) is 2.63. The molecule has 1 atom stereocenters. The second kappa shape index (κ2) is 4.82. The SMILES string of the molecule is OC(C#CCl)Cc1ccccc1. The molecule has 0 fully saturated rings. The molecular formula is C10H9ClO. The summed E-state index contributed by atoms with van der Waals surface area (Å²) >= 11 is 5.14. The fourth-order valence-electron chi connectivity index (χ4n) is 0.951. The van der Waals surface area contributed by atoms with Crippen molar-refractivity contribution in [3.05, 3.63) is 35.9 Å². The molecule has 0 spiro atoms. The average molecular weight is 181 g/mol. The highest BCUT2D eigenvalue weighted by molar-refractivity contribution is 6.30. The predicted molar refractivity (Wildman–Crippen MR) is 49.8 cm³/mol. The number of hydrogen-bond acceptors (Lipinski definition) is 1. The maximum Gasteiger partial charge on any atom is 0.120 e. The largest absolute Gasteiger partial charge is 0.380 e. The van der Waals surface area contributed by atoms with Crippen molar-refractivity contribution in [2.75, 3.05) is 0 Å². The Hall–Kier alpha value is -0.970. The predicted octanol–water partition coefficient (Wildman–Crippen LogP) is 1.79. The van der Waals surface area contributed by atoms with Crippen molar-refractivity contribution in [3.8, 4) is 11.3 Å². The third-order valence-electron chi connectivity index (χ3n) is 1.49. The van der Waals surface area contributed by atoms with Gasteiger partial charge in [-0.15, -0.1) is 0 Å². The van der Waals surface area contributed by atoms with Gasteiger partial charge in [-0.05, 0) is 17.2 Å². The van der Waals surface area contributed by atoms with Gasteiger partial charge in [0.05, 0.1) is 0 Å². The molecule has 0 aliphatic rings. The fraction of sp³-hybridized carbons (Fsp3) is 0.200. The van der Waals surface area contributed by atoms with Gasteiger partial charge in [0.15, 0.2) is 0 Å². The maximum absolute atomic E-state index is 9.24. The Morgan fingerprint density at radius 1 is 1.33 bits per heavy atom. The van der Waals surface area contributed by atoms with Gasteiger partial charge in [0, 0.05) is 11.8 Å². The van der Waals surface area contributed by atoms with E-state index in [1.54, 1.807) is 0 Å². The summed E-state index contributed by atoms with van der Waals surface area (Å²) in [7, 11) is 0. The molecule has 0 bridgehead atoms. The number of aliphatic hydroxyl groups is 1. The molecule has 1 aromatic rings. The lowest BCUT2D eigenvalue weighted by Gasteiger charge is -2.01. The van der Waals surface area contributed by atoms with Crippen molar-refractivity contribution in [3.63, 3.8) is 0 Å². The monoisotopic (exact) mass is 180 g/mol. The van der Waals surface area contributed by atoms with Crippen LogP contribution in [0.5, 0.6) is 0 Å². The zero-order valence-electron chi connectivity index (χ0n) is 6.50. The molecule has 62 valence electrons. The van der Waals surface area contributed by atoms with Gasteiger partial charge in [-0.3, -0.25) is 0 Å². The lowest BCUT2D eigenvalue weighted by molar-refractivity contribution is 0.233. The molecule has 0 heterocycles. The summed E-state index contributed by atoms with van der Waals surface area (Å²) in [5, 5.41) is 11.4. The first kappa shape index (κ1) is 9.12. The molecule has 0 saturated carbocycles. The lowest BCUT2D eigenvalue weighted by atomic mass is 10.1. The molecule has 1 rings (SSSR count). The molecule has 1 aromatic carbocycles. The first-order valence-electron chi connectivity index (χ1n) is 3.66. The molecule has 0 radical (unpaired) electrons. The van der Waals surface area contributed by atoms with Crippen LogP contribution in [0.1, 0.15) is 5.56 Å². The summed E-state index contributed by atoms with van der Waals surface area (Å²) < 4.78 is 0. The van der Waals surface area contributed by atoms with Crippen LogP contribution in [-0.4, -0.2) is 11.2 Å². The molecule has 1 nitrogen and oxygen atoms in total. The Morgan fingerprint density at radius 2 is 2.00 bits per heavy atom. The van der Waals surface area contributed by atoms with Crippen LogP contribution in [0.25, 0.3) is 0 Å². The van der Waals surface area contributed by atoms with Crippen LogP contribution >= 0.6 is 11.6 Å². The molecule has 12 heavy (non-hydrogen) atoms. The van der Waals surface area contributed by atoms with Crippen molar-refractivity contribution < 1.29 is 5.11 Å². The number of aliphatic hydroxyl groups excluding tert-OH is 1. The lowest BCUT2D eigenvalue weighted by Crippen LogP contribution is -2.06. The van der Waals surface area contributed by atoms with E-state index in [1.807, 2.05) is 30.3 Å². The number of hydrogen-bond donors (Lipinski definition) is 1. The van der Waals surface area contributed by atoms with E-state index < -0.39 is 6.10 Å². The van der Waals surface area contributed by atoms with Crippen LogP contribution in [-0.2, 0) is 6.42 Å². The molecule has 0 aromatic heterocycles. The second-order valence-electron chi connectivity index (χ2n) is 2.44. The van der Waals surface area contributed by atoms with E-state index in [-0.39, 0.29) is 0 Å². The van der Waals surface area contributed by atoms with E-state index >= 15 is 0 Å². The van der Waals surface area contributed by atoms with Crippen molar-refractivity contribution >= 4 is 11.6 Å². The standard InChI is InChI=1S/C10H9ClO/c11-7-6-10(12)8-9-4-2-1-3-5-9/h1-5,10,12H,8H2. The quantitative estimate of drug-likeness (QED) is 0.689. The van der Waals surface area contributed by atoms with Crippen LogP contribution < -0.4 is 0 Å². The van der Waals surface area contributed by atoms with E-state index in [0.29, 0.717) is 6.42 Å². The van der Waals surface area contributed by atoms with Gasteiger partial charge < -0.3 is 5.11 Å². The minimum Gasteiger partial charge on any atom is -0.380 e. The summed E-state index contributed by atoms with van der Waals surface area (Å²) in [4.78, 5) is 0. The Bertz CT molecular complexity index is 284. The average Bonchev–Trinajstić information content (AvgIpc) is 2.06. The molecule has 1 unspecified atom stereocenters. The first-order chi connectivity index (χ1) is 5.83. The smallest absolute Gasteiger partial charge is 0.120 e. The van der Waals surface area contributed by atoms with Gasteiger partial charge in [0.25, 0.3) is 0 Å². The Labute approximate surface area is 77.0 Å². The molecule has 0 amide bonds. The zero-order valence-corrected chi connectivity index (χ0v) is 7.25. The van der Waals surface area contributed by atoms with Crippen LogP contribution in [0.3, 0.4) is 0 Å². The van der Waals surface area contributed by atoms with E-state index in [0.717, 1.165) is 5.56 Å². The minimum atomic E-state index is -0.662. The van der Waals surface area contributed by atoms with Crippen LogP contribution in [0, 0.1) is 11.3 Å².